The van der Waals surface area contributed by atoms with Gasteiger partial charge in [0.1, 0.15) is 0 Å². The molecule has 0 aromatic heterocycles. The Morgan fingerprint density at radius 1 is 0.724 bits per heavy atom. The van der Waals surface area contributed by atoms with Crippen LogP contribution in [0, 0.1) is 6.92 Å². The van der Waals surface area contributed by atoms with Crippen molar-refractivity contribution in [3.63, 3.8) is 0 Å². The van der Waals surface area contributed by atoms with Crippen molar-refractivity contribution in [1.29, 1.82) is 0 Å². The van der Waals surface area contributed by atoms with Gasteiger partial charge in [0.25, 0.3) is 0 Å². The van der Waals surface area contributed by atoms with Crippen molar-refractivity contribution >= 4 is 22.3 Å². The Morgan fingerprint density at radius 3 is 2.28 bits per heavy atom. The summed E-state index contributed by atoms with van der Waals surface area (Å²) in [4.78, 5) is 10.1. The van der Waals surface area contributed by atoms with Crippen LogP contribution in [-0.2, 0) is 0 Å². The Bertz CT molecular complexity index is 1210. The van der Waals surface area contributed by atoms with Crippen LogP contribution in [0.25, 0.3) is 10.8 Å². The molecule has 0 bridgehead atoms. The average Bonchev–Trinajstić information content (AvgIpc) is 2.79. The third kappa shape index (κ3) is 3.50. The van der Waals surface area contributed by atoms with Crippen LogP contribution in [0.4, 0.5) is 0 Å². The third-order valence-corrected chi connectivity index (χ3v) is 5.51. The van der Waals surface area contributed by atoms with E-state index >= 15 is 0 Å². The fourth-order valence-corrected chi connectivity index (χ4v) is 3.92. The molecule has 2 nitrogen and oxygen atoms in total. The fraction of sp³-hybridized carbons (Fsp3) is 0.111. The summed E-state index contributed by atoms with van der Waals surface area (Å²) >= 11 is 0. The number of aliphatic imine (C=N–C) groups is 2. The minimum atomic E-state index is 0.0685. The van der Waals surface area contributed by atoms with E-state index in [-0.39, 0.29) is 6.04 Å². The molecule has 1 aliphatic rings. The predicted octanol–water partition coefficient (Wildman–Crippen LogP) is 6.53. The van der Waals surface area contributed by atoms with Crippen molar-refractivity contribution in [2.24, 2.45) is 9.98 Å². The van der Waals surface area contributed by atoms with Crippen LogP contribution >= 0.6 is 0 Å². The molecule has 1 atom stereocenters. The van der Waals surface area contributed by atoms with Gasteiger partial charge in [0, 0.05) is 12.0 Å². The molecule has 29 heavy (non-hydrogen) atoms. The van der Waals surface area contributed by atoms with Crippen LogP contribution in [-0.4, -0.2) is 11.5 Å². The highest BCUT2D eigenvalue weighted by Gasteiger charge is 2.22. The maximum Gasteiger partial charge on any atom is 0.156 e. The Hall–Kier alpha value is -3.52. The second kappa shape index (κ2) is 7.48. The summed E-state index contributed by atoms with van der Waals surface area (Å²) in [5, 5.41) is 2.40. The molecule has 1 aliphatic heterocycles. The smallest absolute Gasteiger partial charge is 0.156 e. The number of rotatable bonds is 3. The first-order valence-electron chi connectivity index (χ1n) is 10.0. The highest BCUT2D eigenvalue weighted by molar-refractivity contribution is 6.18. The van der Waals surface area contributed by atoms with E-state index in [1.54, 1.807) is 0 Å². The van der Waals surface area contributed by atoms with Gasteiger partial charge in [-0.3, -0.25) is 4.99 Å². The van der Waals surface area contributed by atoms with Crippen molar-refractivity contribution in [3.8, 4) is 0 Å². The Balaban J connectivity index is 1.67. The van der Waals surface area contributed by atoms with Gasteiger partial charge in [-0.15, -0.1) is 0 Å². The first-order chi connectivity index (χ1) is 14.3. The van der Waals surface area contributed by atoms with E-state index < -0.39 is 0 Å². The minimum absolute atomic E-state index is 0.0685. The minimum Gasteiger partial charge on any atom is -0.258 e. The summed E-state index contributed by atoms with van der Waals surface area (Å²) in [5.74, 6) is 0.817. The monoisotopic (exact) mass is 374 g/mol. The van der Waals surface area contributed by atoms with Crippen molar-refractivity contribution in [2.75, 3.05) is 0 Å². The van der Waals surface area contributed by atoms with Crippen molar-refractivity contribution in [2.45, 2.75) is 19.4 Å². The van der Waals surface area contributed by atoms with Crippen LogP contribution in [0.15, 0.2) is 107 Å². The zero-order valence-corrected chi connectivity index (χ0v) is 16.4. The molecule has 0 radical (unpaired) electrons. The molecule has 2 heteroatoms. The normalized spacial score (nSPS) is 16.4. The quantitative estimate of drug-likeness (QED) is 0.389. The molecular weight excluding hydrogens is 352 g/mol. The molecule has 0 aliphatic carbocycles. The van der Waals surface area contributed by atoms with Gasteiger partial charge < -0.3 is 0 Å². The lowest BCUT2D eigenvalue weighted by Crippen LogP contribution is -2.17. The number of fused-ring (bicyclic) bond motifs is 1. The van der Waals surface area contributed by atoms with E-state index in [2.05, 4.69) is 104 Å². The van der Waals surface area contributed by atoms with E-state index in [0.29, 0.717) is 0 Å². The van der Waals surface area contributed by atoms with Gasteiger partial charge in [0.15, 0.2) is 5.84 Å². The van der Waals surface area contributed by atoms with Crippen LogP contribution < -0.4 is 0 Å². The van der Waals surface area contributed by atoms with Gasteiger partial charge in [-0.1, -0.05) is 103 Å². The third-order valence-electron chi connectivity index (χ3n) is 5.51. The Labute approximate surface area is 171 Å². The van der Waals surface area contributed by atoms with Crippen LogP contribution in [0.3, 0.4) is 0 Å². The molecule has 5 rings (SSSR count). The molecule has 4 aromatic rings. The molecule has 4 aromatic carbocycles. The number of aryl methyl sites for hydroxylation is 1. The summed E-state index contributed by atoms with van der Waals surface area (Å²) in [6.45, 7) is 2.11. The van der Waals surface area contributed by atoms with E-state index in [1.165, 1.54) is 27.5 Å². The van der Waals surface area contributed by atoms with Gasteiger partial charge in [0.2, 0.25) is 0 Å². The van der Waals surface area contributed by atoms with E-state index in [4.69, 9.17) is 9.98 Å². The van der Waals surface area contributed by atoms with Crippen molar-refractivity contribution < 1.29 is 0 Å². The first-order valence-corrected chi connectivity index (χ1v) is 10.0. The highest BCUT2D eigenvalue weighted by Crippen LogP contribution is 2.30. The van der Waals surface area contributed by atoms with Gasteiger partial charge in [-0.2, -0.15) is 0 Å². The largest absolute Gasteiger partial charge is 0.258 e. The molecule has 1 heterocycles. The Kier molecular flexibility index (Phi) is 4.53. The molecule has 1 unspecified atom stereocenters. The number of amidine groups is 1. The SMILES string of the molecule is Cc1ccc(C2=NC(c3cccc4ccccc34)=NC(c3ccccc3)C2)cc1. The lowest BCUT2D eigenvalue weighted by atomic mass is 9.94. The lowest BCUT2D eigenvalue weighted by Gasteiger charge is -2.22. The Morgan fingerprint density at radius 2 is 1.45 bits per heavy atom. The fourth-order valence-electron chi connectivity index (χ4n) is 3.92. The second-order valence-corrected chi connectivity index (χ2v) is 7.53. The summed E-state index contributed by atoms with van der Waals surface area (Å²) in [6, 6.07) is 34.1. The van der Waals surface area contributed by atoms with Gasteiger partial charge in [-0.25, -0.2) is 4.99 Å². The van der Waals surface area contributed by atoms with E-state index in [9.17, 15) is 0 Å². The summed E-state index contributed by atoms with van der Waals surface area (Å²) in [6.07, 6.45) is 0.807. The van der Waals surface area contributed by atoms with Gasteiger partial charge in [0.05, 0.1) is 11.8 Å². The van der Waals surface area contributed by atoms with Crippen LogP contribution in [0.2, 0.25) is 0 Å². The zero-order valence-electron chi connectivity index (χ0n) is 16.4. The standard InChI is InChI=1S/C27H22N2/c1-19-14-16-22(17-15-19)26-18-25(21-9-3-2-4-10-21)28-27(29-26)24-13-7-11-20-8-5-6-12-23(20)24/h2-17,25H,18H2,1H3. The topological polar surface area (TPSA) is 24.7 Å². The van der Waals surface area contributed by atoms with Crippen LogP contribution in [0.5, 0.6) is 0 Å². The van der Waals surface area contributed by atoms with Crippen LogP contribution in [0.1, 0.15) is 34.7 Å². The lowest BCUT2D eigenvalue weighted by molar-refractivity contribution is 0.754. The van der Waals surface area contributed by atoms with E-state index in [1.807, 2.05) is 0 Å². The van der Waals surface area contributed by atoms with Gasteiger partial charge >= 0.3 is 0 Å². The number of hydrogen-bond acceptors (Lipinski definition) is 2. The molecule has 0 saturated heterocycles. The second-order valence-electron chi connectivity index (χ2n) is 7.53. The maximum absolute atomic E-state index is 5.09. The molecular formula is C27H22N2. The molecule has 0 spiro atoms. The van der Waals surface area contributed by atoms with Crippen molar-refractivity contribution in [3.05, 3.63) is 119 Å². The first kappa shape index (κ1) is 17.6. The number of nitrogens with zero attached hydrogens (tertiary/aromatic N) is 2. The summed E-state index contributed by atoms with van der Waals surface area (Å²) < 4.78 is 0. The molecule has 0 N–H and O–H groups in total. The molecule has 0 amide bonds. The zero-order chi connectivity index (χ0) is 19.6. The molecule has 0 saturated carbocycles. The maximum atomic E-state index is 5.09. The highest BCUT2D eigenvalue weighted by atomic mass is 15.0. The van der Waals surface area contributed by atoms with Crippen molar-refractivity contribution in [1.82, 2.24) is 0 Å². The number of benzene rings is 4. The predicted molar refractivity (Wildman–Crippen MR) is 122 cm³/mol. The van der Waals surface area contributed by atoms with E-state index in [0.717, 1.165) is 23.5 Å². The number of hydrogen-bond donors (Lipinski definition) is 0. The summed E-state index contributed by atoms with van der Waals surface area (Å²) in [5.41, 5.74) is 5.84. The summed E-state index contributed by atoms with van der Waals surface area (Å²) in [7, 11) is 0. The average molecular weight is 374 g/mol. The molecule has 140 valence electrons. The molecule has 0 fully saturated rings. The van der Waals surface area contributed by atoms with Gasteiger partial charge in [-0.05, 0) is 28.8 Å².